The second kappa shape index (κ2) is 11.1. The minimum Gasteiger partial charge on any atom is -0.493 e. The van der Waals surface area contributed by atoms with Crippen molar-refractivity contribution in [1.82, 2.24) is 4.57 Å². The molecule has 0 radical (unpaired) electrons. The molecule has 0 spiro atoms. The highest BCUT2D eigenvalue weighted by Gasteiger charge is 2.33. The van der Waals surface area contributed by atoms with Crippen LogP contribution >= 0.6 is 11.3 Å². The van der Waals surface area contributed by atoms with Crippen molar-refractivity contribution in [3.05, 3.63) is 121 Å². The Morgan fingerprint density at radius 3 is 2.49 bits per heavy atom. The summed E-state index contributed by atoms with van der Waals surface area (Å²) in [6, 6.07) is 19.5. The van der Waals surface area contributed by atoms with E-state index in [2.05, 4.69) is 24.8 Å². The van der Waals surface area contributed by atoms with Gasteiger partial charge in [-0.1, -0.05) is 60.4 Å². The average molecular weight is 567 g/mol. The summed E-state index contributed by atoms with van der Waals surface area (Å²) in [6.45, 7) is 4.07. The molecule has 1 aliphatic heterocycles. The van der Waals surface area contributed by atoms with Crippen LogP contribution in [0.3, 0.4) is 0 Å². The van der Waals surface area contributed by atoms with Crippen LogP contribution in [0.15, 0.2) is 88.7 Å². The second-order valence-electron chi connectivity index (χ2n) is 9.74. The van der Waals surface area contributed by atoms with Gasteiger partial charge in [-0.3, -0.25) is 9.36 Å². The summed E-state index contributed by atoms with van der Waals surface area (Å²) in [5.41, 5.74) is 6.15. The zero-order chi connectivity index (χ0) is 28.5. The van der Waals surface area contributed by atoms with Crippen LogP contribution in [0.2, 0.25) is 0 Å². The van der Waals surface area contributed by atoms with Gasteiger partial charge in [0.1, 0.15) is 6.61 Å². The van der Waals surface area contributed by atoms with E-state index in [4.69, 9.17) is 23.9 Å². The van der Waals surface area contributed by atoms with Crippen molar-refractivity contribution in [3.8, 4) is 23.0 Å². The Hall–Kier alpha value is -4.56. The van der Waals surface area contributed by atoms with Crippen LogP contribution in [0.1, 0.15) is 34.7 Å². The normalized spacial score (nSPS) is 15.8. The maximum Gasteiger partial charge on any atom is 0.271 e. The first-order valence-electron chi connectivity index (χ1n) is 13.3. The van der Waals surface area contributed by atoms with E-state index in [1.165, 1.54) is 16.9 Å². The van der Waals surface area contributed by atoms with Crippen molar-refractivity contribution < 1.29 is 18.9 Å². The zero-order valence-corrected chi connectivity index (χ0v) is 24.0. The van der Waals surface area contributed by atoms with Crippen LogP contribution in [0.4, 0.5) is 0 Å². The van der Waals surface area contributed by atoms with Gasteiger partial charge in [-0.05, 0) is 65.4 Å². The molecule has 208 valence electrons. The molecule has 41 heavy (non-hydrogen) atoms. The largest absolute Gasteiger partial charge is 0.493 e. The number of methoxy groups -OCH3 is 3. The van der Waals surface area contributed by atoms with E-state index in [1.54, 1.807) is 27.4 Å². The molecule has 2 aliphatic rings. The topological polar surface area (TPSA) is 71.3 Å². The maximum absolute atomic E-state index is 14.1. The molecule has 2 heterocycles. The fraction of sp³-hybridized carbons (Fsp3) is 0.212. The first-order valence-corrected chi connectivity index (χ1v) is 14.1. The lowest BCUT2D eigenvalue weighted by atomic mass is 9.83. The number of allylic oxidation sites excluding steroid dienone is 1. The number of ether oxygens (including phenoxy) is 4. The third-order valence-corrected chi connectivity index (χ3v) is 8.42. The Kier molecular flexibility index (Phi) is 7.24. The zero-order valence-electron chi connectivity index (χ0n) is 23.2. The highest BCUT2D eigenvalue weighted by molar-refractivity contribution is 7.07. The number of hydrogen-bond donors (Lipinski definition) is 0. The number of hydrogen-bond acceptors (Lipinski definition) is 7. The van der Waals surface area contributed by atoms with E-state index in [0.29, 0.717) is 38.9 Å². The summed E-state index contributed by atoms with van der Waals surface area (Å²) < 4.78 is 24.8. The molecular weight excluding hydrogens is 536 g/mol. The fourth-order valence-electron chi connectivity index (χ4n) is 5.54. The second-order valence-corrected chi connectivity index (χ2v) is 10.7. The van der Waals surface area contributed by atoms with E-state index >= 15 is 0 Å². The van der Waals surface area contributed by atoms with Crippen LogP contribution in [-0.4, -0.2) is 32.5 Å². The van der Waals surface area contributed by atoms with Crippen molar-refractivity contribution in [3.63, 3.8) is 0 Å². The summed E-state index contributed by atoms with van der Waals surface area (Å²) >= 11 is 1.39. The number of aryl methyl sites for hydroxylation is 1. The van der Waals surface area contributed by atoms with Crippen molar-refractivity contribution in [1.29, 1.82) is 0 Å². The number of thiazole rings is 1. The van der Waals surface area contributed by atoms with Crippen LogP contribution in [0.5, 0.6) is 23.0 Å². The smallest absolute Gasteiger partial charge is 0.271 e. The van der Waals surface area contributed by atoms with Crippen LogP contribution < -0.4 is 33.8 Å². The maximum atomic E-state index is 14.1. The standard InChI is InChI=1S/C33H30N2O5S/c1-5-16-40-26-14-10-20(17-27(26)38-3)18-29-32(36)35-31(22-12-15-25(37-2)28(19-22)39-4)24-13-11-21-8-6-7-9-23(21)30(24)34-33(35)41-29/h5-10,12,14-15,17-19,31H,1,11,13,16H2,2-4H3/b29-18+/t31-/m0/s1. The highest BCUT2D eigenvalue weighted by atomic mass is 32.1. The lowest BCUT2D eigenvalue weighted by Gasteiger charge is -2.31. The molecule has 7 nitrogen and oxygen atoms in total. The van der Waals surface area contributed by atoms with E-state index < -0.39 is 0 Å². The molecule has 3 aromatic carbocycles. The molecule has 1 aliphatic carbocycles. The van der Waals surface area contributed by atoms with Crippen molar-refractivity contribution in [2.45, 2.75) is 18.9 Å². The van der Waals surface area contributed by atoms with Gasteiger partial charge in [0, 0.05) is 5.56 Å². The van der Waals surface area contributed by atoms with Crippen LogP contribution in [-0.2, 0) is 6.42 Å². The van der Waals surface area contributed by atoms with E-state index in [-0.39, 0.29) is 11.6 Å². The predicted molar refractivity (Wildman–Crippen MR) is 161 cm³/mol. The van der Waals surface area contributed by atoms with Crippen molar-refractivity contribution >= 4 is 23.1 Å². The predicted octanol–water partition coefficient (Wildman–Crippen LogP) is 4.91. The molecule has 1 aromatic heterocycles. The van der Waals surface area contributed by atoms with E-state index in [0.717, 1.165) is 40.8 Å². The molecule has 0 N–H and O–H groups in total. The monoisotopic (exact) mass is 566 g/mol. The summed E-state index contributed by atoms with van der Waals surface area (Å²) in [7, 11) is 4.84. The number of fused-ring (bicyclic) bond motifs is 3. The third kappa shape index (κ3) is 4.74. The molecule has 0 amide bonds. The molecule has 8 heteroatoms. The quantitative estimate of drug-likeness (QED) is 0.284. The van der Waals surface area contributed by atoms with Crippen molar-refractivity contribution in [2.75, 3.05) is 27.9 Å². The lowest BCUT2D eigenvalue weighted by molar-refractivity contribution is 0.326. The molecule has 0 bridgehead atoms. The molecule has 0 saturated heterocycles. The molecule has 0 fully saturated rings. The van der Waals surface area contributed by atoms with Crippen LogP contribution in [0, 0.1) is 0 Å². The van der Waals surface area contributed by atoms with Gasteiger partial charge in [0.25, 0.3) is 5.56 Å². The first kappa shape index (κ1) is 26.7. The van der Waals surface area contributed by atoms with E-state index in [1.807, 2.05) is 53.1 Å². The van der Waals surface area contributed by atoms with E-state index in [9.17, 15) is 4.79 Å². The summed E-state index contributed by atoms with van der Waals surface area (Å²) in [5, 5.41) is 0. The molecule has 1 atom stereocenters. The Labute approximate surface area is 241 Å². The number of aromatic nitrogens is 1. The summed E-state index contributed by atoms with van der Waals surface area (Å²) in [4.78, 5) is 19.9. The highest BCUT2D eigenvalue weighted by Crippen LogP contribution is 2.42. The average Bonchev–Trinajstić information content (AvgIpc) is 3.32. The van der Waals surface area contributed by atoms with Gasteiger partial charge in [-0.25, -0.2) is 4.99 Å². The van der Waals surface area contributed by atoms with Gasteiger partial charge >= 0.3 is 0 Å². The van der Waals surface area contributed by atoms with Crippen molar-refractivity contribution in [2.24, 2.45) is 4.99 Å². The molecular formula is C33H30N2O5S. The molecule has 0 unspecified atom stereocenters. The Morgan fingerprint density at radius 2 is 1.71 bits per heavy atom. The summed E-state index contributed by atoms with van der Waals surface area (Å²) in [5.74, 6) is 2.46. The number of benzene rings is 3. The minimum atomic E-state index is -0.319. The van der Waals surface area contributed by atoms with Gasteiger partial charge in [0.15, 0.2) is 27.8 Å². The number of rotatable bonds is 8. The van der Waals surface area contributed by atoms with Gasteiger partial charge in [0.05, 0.1) is 37.6 Å². The SMILES string of the molecule is C=CCOc1ccc(/C=c2/sc3n(c2=O)[C@@H](c2ccc(OC)c(OC)c2)C2=C(N=3)c3ccccc3CC2)cc1OC. The Bertz CT molecular complexity index is 1870. The van der Waals surface area contributed by atoms with Gasteiger partial charge in [-0.15, -0.1) is 0 Å². The molecule has 6 rings (SSSR count). The minimum absolute atomic E-state index is 0.0927. The third-order valence-electron chi connectivity index (χ3n) is 7.44. The Morgan fingerprint density at radius 1 is 0.951 bits per heavy atom. The molecule has 0 saturated carbocycles. The number of nitrogens with zero attached hydrogens (tertiary/aromatic N) is 2. The lowest BCUT2D eigenvalue weighted by Crippen LogP contribution is -2.38. The molecule has 4 aromatic rings. The van der Waals surface area contributed by atoms with Crippen LogP contribution in [0.25, 0.3) is 11.8 Å². The fourth-order valence-corrected chi connectivity index (χ4v) is 6.54. The van der Waals surface area contributed by atoms with Gasteiger partial charge < -0.3 is 18.9 Å². The summed E-state index contributed by atoms with van der Waals surface area (Å²) in [6.07, 6.45) is 5.26. The van der Waals surface area contributed by atoms with Gasteiger partial charge in [-0.2, -0.15) is 0 Å². The van der Waals surface area contributed by atoms with Gasteiger partial charge in [0.2, 0.25) is 0 Å². The first-order chi connectivity index (χ1) is 20.1. The Balaban J connectivity index is 1.55.